The molecule has 17 heavy (non-hydrogen) atoms. The fourth-order valence-corrected chi connectivity index (χ4v) is 2.48. The van der Waals surface area contributed by atoms with E-state index in [0.29, 0.717) is 17.4 Å². The molecular weight excluding hydrogens is 259 g/mol. The summed E-state index contributed by atoms with van der Waals surface area (Å²) in [5, 5.41) is 0.674. The van der Waals surface area contributed by atoms with Gasteiger partial charge in [-0.05, 0) is 31.5 Å². The minimum atomic E-state index is -0.0294. The van der Waals surface area contributed by atoms with Gasteiger partial charge in [-0.1, -0.05) is 17.7 Å². The lowest BCUT2D eigenvalue weighted by Crippen LogP contribution is -2.52. The number of rotatable bonds is 4. The second kappa shape index (κ2) is 5.47. The van der Waals surface area contributed by atoms with Gasteiger partial charge in [-0.3, -0.25) is 0 Å². The summed E-state index contributed by atoms with van der Waals surface area (Å²) in [4.78, 5) is 0. The van der Waals surface area contributed by atoms with Crippen LogP contribution in [0.2, 0.25) is 5.02 Å². The van der Waals surface area contributed by atoms with E-state index in [0.717, 1.165) is 12.0 Å². The third-order valence-corrected chi connectivity index (χ3v) is 3.64. The summed E-state index contributed by atoms with van der Waals surface area (Å²) in [5.74, 6) is 0.713. The van der Waals surface area contributed by atoms with E-state index in [1.807, 2.05) is 32.0 Å². The van der Waals surface area contributed by atoms with Gasteiger partial charge < -0.3 is 9.47 Å². The van der Waals surface area contributed by atoms with E-state index in [2.05, 4.69) is 0 Å². The van der Waals surface area contributed by atoms with Crippen LogP contribution in [0.5, 0.6) is 5.75 Å². The molecular formula is C13H16Cl2O2. The van der Waals surface area contributed by atoms with Gasteiger partial charge in [0.2, 0.25) is 0 Å². The maximum atomic E-state index is 6.09. The van der Waals surface area contributed by atoms with Gasteiger partial charge in [-0.15, -0.1) is 11.6 Å². The Morgan fingerprint density at radius 2 is 2.18 bits per heavy atom. The maximum Gasteiger partial charge on any atom is 0.138 e. The maximum absolute atomic E-state index is 6.09. The summed E-state index contributed by atoms with van der Waals surface area (Å²) in [6.07, 6.45) is 0.784. The topological polar surface area (TPSA) is 18.5 Å². The molecule has 1 fully saturated rings. The van der Waals surface area contributed by atoms with Crippen molar-refractivity contribution in [3.05, 3.63) is 28.8 Å². The predicted molar refractivity (Wildman–Crippen MR) is 70.3 cm³/mol. The molecule has 0 amide bonds. The van der Waals surface area contributed by atoms with Crippen molar-refractivity contribution in [1.82, 2.24) is 0 Å². The van der Waals surface area contributed by atoms with Gasteiger partial charge in [0.1, 0.15) is 18.0 Å². The van der Waals surface area contributed by atoms with E-state index in [4.69, 9.17) is 32.7 Å². The average molecular weight is 275 g/mol. The second-order valence-corrected chi connectivity index (χ2v) is 5.23. The third kappa shape index (κ3) is 2.87. The predicted octanol–water partition coefficient (Wildman–Crippen LogP) is 3.81. The fraction of sp³-hybridized carbons (Fsp3) is 0.538. The van der Waals surface area contributed by atoms with Gasteiger partial charge in [0.15, 0.2) is 0 Å². The van der Waals surface area contributed by atoms with Gasteiger partial charge >= 0.3 is 0 Å². The van der Waals surface area contributed by atoms with E-state index in [1.54, 1.807) is 0 Å². The lowest BCUT2D eigenvalue weighted by molar-refractivity contribution is -0.0759. The highest BCUT2D eigenvalue weighted by Crippen LogP contribution is 2.35. The van der Waals surface area contributed by atoms with E-state index < -0.39 is 0 Å². The van der Waals surface area contributed by atoms with Crippen LogP contribution in [0.25, 0.3) is 0 Å². The molecule has 0 bridgehead atoms. The Kier molecular flexibility index (Phi) is 4.18. The summed E-state index contributed by atoms with van der Waals surface area (Å²) in [6.45, 7) is 4.61. The first-order valence-electron chi connectivity index (χ1n) is 5.80. The Bertz CT molecular complexity index is 395. The van der Waals surface area contributed by atoms with E-state index in [-0.39, 0.29) is 17.6 Å². The van der Waals surface area contributed by atoms with Crippen LogP contribution in [0.3, 0.4) is 0 Å². The molecule has 0 aliphatic heterocycles. The number of hydrogen-bond acceptors (Lipinski definition) is 2. The van der Waals surface area contributed by atoms with Crippen LogP contribution >= 0.6 is 23.2 Å². The second-order valence-electron chi connectivity index (χ2n) is 4.26. The summed E-state index contributed by atoms with van der Waals surface area (Å²) in [7, 11) is 0. The zero-order chi connectivity index (χ0) is 12.4. The molecule has 0 spiro atoms. The van der Waals surface area contributed by atoms with Crippen molar-refractivity contribution in [3.8, 4) is 5.75 Å². The van der Waals surface area contributed by atoms with Crippen LogP contribution in [-0.2, 0) is 4.74 Å². The monoisotopic (exact) mass is 274 g/mol. The molecule has 0 saturated heterocycles. The first kappa shape index (κ1) is 13.0. The molecule has 3 unspecified atom stereocenters. The number of aryl methyl sites for hydroxylation is 1. The Balaban J connectivity index is 2.03. The molecule has 1 aromatic rings. The van der Waals surface area contributed by atoms with Crippen LogP contribution in [-0.4, -0.2) is 24.2 Å². The zero-order valence-corrected chi connectivity index (χ0v) is 11.5. The molecule has 2 rings (SSSR count). The first-order chi connectivity index (χ1) is 8.11. The number of hydrogen-bond donors (Lipinski definition) is 0. The van der Waals surface area contributed by atoms with E-state index in [9.17, 15) is 0 Å². The molecule has 3 atom stereocenters. The molecule has 4 heteroatoms. The Morgan fingerprint density at radius 3 is 2.82 bits per heavy atom. The molecule has 0 N–H and O–H groups in total. The number of ether oxygens (including phenoxy) is 2. The van der Waals surface area contributed by atoms with Gasteiger partial charge in [0, 0.05) is 13.0 Å². The van der Waals surface area contributed by atoms with Crippen molar-refractivity contribution in [1.29, 1.82) is 0 Å². The van der Waals surface area contributed by atoms with E-state index >= 15 is 0 Å². The number of alkyl halides is 1. The number of benzene rings is 1. The highest BCUT2D eigenvalue weighted by Gasteiger charge is 2.42. The Hall–Kier alpha value is -0.440. The summed E-state index contributed by atoms with van der Waals surface area (Å²) >= 11 is 12.2. The molecule has 1 aromatic carbocycles. The third-order valence-electron chi connectivity index (χ3n) is 2.90. The molecule has 2 nitrogen and oxygen atoms in total. The van der Waals surface area contributed by atoms with Crippen LogP contribution in [0.1, 0.15) is 18.9 Å². The van der Waals surface area contributed by atoms with E-state index in [1.165, 1.54) is 0 Å². The zero-order valence-electron chi connectivity index (χ0n) is 9.95. The van der Waals surface area contributed by atoms with Crippen LogP contribution in [0, 0.1) is 6.92 Å². The Morgan fingerprint density at radius 1 is 1.41 bits per heavy atom. The average Bonchev–Trinajstić information content (AvgIpc) is 2.30. The molecule has 94 valence electrons. The quantitative estimate of drug-likeness (QED) is 0.778. The van der Waals surface area contributed by atoms with Crippen molar-refractivity contribution in [2.75, 3.05) is 6.61 Å². The minimum absolute atomic E-state index is 0.0109. The molecule has 0 heterocycles. The van der Waals surface area contributed by atoms with Gasteiger partial charge in [-0.2, -0.15) is 0 Å². The summed E-state index contributed by atoms with van der Waals surface area (Å²) < 4.78 is 11.4. The van der Waals surface area contributed by atoms with Crippen LogP contribution in [0.15, 0.2) is 18.2 Å². The SMILES string of the molecule is CCOC1C(Cl)CC1Oc1cc(C)ccc1Cl. The molecule has 0 aromatic heterocycles. The largest absolute Gasteiger partial charge is 0.486 e. The standard InChI is InChI=1S/C13H16Cl2O2/c1-3-16-13-10(15)7-12(13)17-11-6-8(2)4-5-9(11)14/h4-6,10,12-13H,3,7H2,1-2H3. The summed E-state index contributed by atoms with van der Waals surface area (Å²) in [5.41, 5.74) is 1.12. The minimum Gasteiger partial charge on any atom is -0.486 e. The van der Waals surface area contributed by atoms with Crippen molar-refractivity contribution >= 4 is 23.2 Å². The highest BCUT2D eigenvalue weighted by atomic mass is 35.5. The van der Waals surface area contributed by atoms with Gasteiger partial charge in [0.25, 0.3) is 0 Å². The highest BCUT2D eigenvalue weighted by molar-refractivity contribution is 6.32. The molecule has 1 aliphatic rings. The van der Waals surface area contributed by atoms with Gasteiger partial charge in [-0.25, -0.2) is 0 Å². The lowest BCUT2D eigenvalue weighted by Gasteiger charge is -2.40. The van der Waals surface area contributed by atoms with Crippen molar-refractivity contribution in [3.63, 3.8) is 0 Å². The van der Waals surface area contributed by atoms with Crippen LogP contribution < -0.4 is 4.74 Å². The molecule has 1 aliphatic carbocycles. The van der Waals surface area contributed by atoms with Crippen molar-refractivity contribution in [2.45, 2.75) is 37.9 Å². The molecule has 0 radical (unpaired) electrons. The normalized spacial score (nSPS) is 27.6. The lowest BCUT2D eigenvalue weighted by atomic mass is 9.91. The van der Waals surface area contributed by atoms with Crippen molar-refractivity contribution in [2.24, 2.45) is 0 Å². The smallest absolute Gasteiger partial charge is 0.138 e. The summed E-state index contributed by atoms with van der Waals surface area (Å²) in [6, 6.07) is 5.74. The first-order valence-corrected chi connectivity index (χ1v) is 6.61. The van der Waals surface area contributed by atoms with Crippen molar-refractivity contribution < 1.29 is 9.47 Å². The van der Waals surface area contributed by atoms with Crippen LogP contribution in [0.4, 0.5) is 0 Å². The Labute approximate surface area is 112 Å². The fourth-order valence-electron chi connectivity index (χ4n) is 1.91. The number of halogens is 2. The molecule has 1 saturated carbocycles. The van der Waals surface area contributed by atoms with Gasteiger partial charge in [0.05, 0.1) is 10.4 Å².